The fourth-order valence-electron chi connectivity index (χ4n) is 5.87. The first-order valence-corrected chi connectivity index (χ1v) is 11.5. The number of carboxylic acid groups (broad SMARTS) is 1. The van der Waals surface area contributed by atoms with Crippen molar-refractivity contribution < 1.29 is 29.6 Å². The lowest BCUT2D eigenvalue weighted by atomic mass is 9.69. The van der Waals surface area contributed by atoms with Gasteiger partial charge in [0.2, 0.25) is 0 Å². The summed E-state index contributed by atoms with van der Waals surface area (Å²) in [6.45, 7) is 3.44. The molecule has 0 saturated heterocycles. The number of hydrogen-bond acceptors (Lipinski definition) is 5. The van der Waals surface area contributed by atoms with E-state index in [9.17, 15) is 24.9 Å². The average molecular weight is 449 g/mol. The van der Waals surface area contributed by atoms with Crippen LogP contribution in [-0.2, 0) is 14.3 Å². The topological polar surface area (TPSA) is 104 Å². The number of ketones is 1. The molecule has 1 heterocycles. The lowest BCUT2D eigenvalue weighted by Crippen LogP contribution is -2.33. The van der Waals surface area contributed by atoms with Crippen molar-refractivity contribution in [2.75, 3.05) is 0 Å². The van der Waals surface area contributed by atoms with E-state index in [1.165, 1.54) is 0 Å². The van der Waals surface area contributed by atoms with Crippen molar-refractivity contribution in [3.05, 3.63) is 70.0 Å². The summed E-state index contributed by atoms with van der Waals surface area (Å²) in [5.41, 5.74) is 2.98. The number of carboxylic acids is 1. The van der Waals surface area contributed by atoms with Gasteiger partial charge >= 0.3 is 5.97 Å². The summed E-state index contributed by atoms with van der Waals surface area (Å²) >= 11 is 0. The molecule has 3 N–H and O–H groups in total. The minimum atomic E-state index is -0.756. The van der Waals surface area contributed by atoms with Crippen molar-refractivity contribution >= 4 is 11.8 Å². The fourth-order valence-corrected chi connectivity index (χ4v) is 5.87. The molecule has 1 fully saturated rings. The molecule has 3 atom stereocenters. The summed E-state index contributed by atoms with van der Waals surface area (Å²) in [5.74, 6) is -1.48. The highest BCUT2D eigenvalue weighted by Gasteiger charge is 2.50. The van der Waals surface area contributed by atoms with Crippen LogP contribution in [0, 0.1) is 31.6 Å². The predicted octanol–water partition coefficient (Wildman–Crippen LogP) is 4.89. The van der Waals surface area contributed by atoms with Gasteiger partial charge in [-0.05, 0) is 62.3 Å². The van der Waals surface area contributed by atoms with E-state index in [4.69, 9.17) is 4.74 Å². The molecule has 2 aromatic carbocycles. The van der Waals surface area contributed by atoms with Crippen molar-refractivity contribution in [1.82, 2.24) is 0 Å². The highest BCUT2D eigenvalue weighted by atomic mass is 16.5. The zero-order chi connectivity index (χ0) is 23.4. The normalized spacial score (nSPS) is 28.5. The minimum absolute atomic E-state index is 0.00314. The van der Waals surface area contributed by atoms with E-state index >= 15 is 0 Å². The number of rotatable bonds is 3. The Morgan fingerprint density at radius 1 is 0.939 bits per heavy atom. The predicted molar refractivity (Wildman–Crippen MR) is 121 cm³/mol. The Labute approximate surface area is 192 Å². The molecule has 0 radical (unpaired) electrons. The Hall–Kier alpha value is -3.28. The zero-order valence-electron chi connectivity index (χ0n) is 18.7. The first-order chi connectivity index (χ1) is 15.8. The number of carbonyl (C=O) groups is 2. The molecule has 3 aliphatic rings. The number of Topliss-reactive ketones (excluding diaryl/α,β-unsaturated/α-hetero) is 1. The number of allylic oxidation sites excluding steroid dienone is 1. The minimum Gasteiger partial charge on any atom is -0.507 e. The maximum atomic E-state index is 13.8. The monoisotopic (exact) mass is 448 g/mol. The molecule has 2 aromatic rings. The van der Waals surface area contributed by atoms with Gasteiger partial charge in [-0.25, -0.2) is 0 Å². The molecule has 1 saturated carbocycles. The molecule has 6 heteroatoms. The molecule has 0 aromatic heterocycles. The number of fused-ring (bicyclic) bond motifs is 3. The molecule has 5 rings (SSSR count). The van der Waals surface area contributed by atoms with Crippen molar-refractivity contribution in [1.29, 1.82) is 0 Å². The largest absolute Gasteiger partial charge is 0.507 e. The van der Waals surface area contributed by atoms with Gasteiger partial charge in [0.1, 0.15) is 17.6 Å². The van der Waals surface area contributed by atoms with Gasteiger partial charge in [-0.1, -0.05) is 30.3 Å². The van der Waals surface area contributed by atoms with Crippen LogP contribution in [0.5, 0.6) is 11.5 Å². The molecular formula is C27H28O6. The van der Waals surface area contributed by atoms with E-state index in [2.05, 4.69) is 0 Å². The van der Waals surface area contributed by atoms with Crippen LogP contribution in [0.15, 0.2) is 42.2 Å². The van der Waals surface area contributed by atoms with Gasteiger partial charge in [0.15, 0.2) is 5.78 Å². The summed E-state index contributed by atoms with van der Waals surface area (Å²) in [5, 5.41) is 31.1. The summed E-state index contributed by atoms with van der Waals surface area (Å²) in [6.07, 6.45) is 3.83. The van der Waals surface area contributed by atoms with Gasteiger partial charge in [-0.2, -0.15) is 0 Å². The van der Waals surface area contributed by atoms with E-state index in [1.54, 1.807) is 13.8 Å². The fraction of sp³-hybridized carbons (Fsp3) is 0.407. The second-order valence-electron chi connectivity index (χ2n) is 9.54. The maximum absolute atomic E-state index is 13.8. The third-order valence-electron chi connectivity index (χ3n) is 7.75. The second kappa shape index (κ2) is 7.94. The standard InChI is InChI=1S/C27H28O6/c1-13-20-21(16-6-4-3-5-7-16)25(30)18-12-19(15-8-10-17(11-9-15)27(31)32)33-26(18)22(20)24(29)14(2)23(13)28/h3-7,12,15,17-18,21,26,28-29H,8-11H2,1-2H3,(H,31,32). The summed E-state index contributed by atoms with van der Waals surface area (Å²) in [4.78, 5) is 25.2. The van der Waals surface area contributed by atoms with Crippen molar-refractivity contribution in [2.45, 2.75) is 51.6 Å². The van der Waals surface area contributed by atoms with E-state index < -0.39 is 23.9 Å². The quantitative estimate of drug-likeness (QED) is 0.618. The molecule has 3 unspecified atom stereocenters. The molecule has 6 nitrogen and oxygen atoms in total. The van der Waals surface area contributed by atoms with Crippen molar-refractivity contribution in [3.8, 4) is 11.5 Å². The summed E-state index contributed by atoms with van der Waals surface area (Å²) in [6, 6.07) is 9.44. The van der Waals surface area contributed by atoms with Crippen LogP contribution in [-0.4, -0.2) is 27.1 Å². The lowest BCUT2D eigenvalue weighted by Gasteiger charge is -2.35. The number of carbonyl (C=O) groups excluding carboxylic acids is 1. The highest BCUT2D eigenvalue weighted by Crippen LogP contribution is 2.56. The Morgan fingerprint density at radius 2 is 1.61 bits per heavy atom. The van der Waals surface area contributed by atoms with Crippen molar-refractivity contribution in [3.63, 3.8) is 0 Å². The zero-order valence-corrected chi connectivity index (χ0v) is 18.7. The van der Waals surface area contributed by atoms with E-state index in [0.717, 1.165) is 11.3 Å². The van der Waals surface area contributed by atoms with Gasteiger partial charge < -0.3 is 20.1 Å². The molecular weight excluding hydrogens is 420 g/mol. The first kappa shape index (κ1) is 21.6. The lowest BCUT2D eigenvalue weighted by molar-refractivity contribution is -0.143. The average Bonchev–Trinajstić information content (AvgIpc) is 3.27. The molecule has 1 aliphatic heterocycles. The number of hydrogen-bond donors (Lipinski definition) is 3. The molecule has 172 valence electrons. The highest BCUT2D eigenvalue weighted by molar-refractivity contribution is 5.96. The Bertz CT molecular complexity index is 1160. The number of phenolic OH excluding ortho intramolecular Hbond substituents is 2. The van der Waals surface area contributed by atoms with E-state index in [1.807, 2.05) is 36.4 Å². The van der Waals surface area contributed by atoms with Crippen LogP contribution in [0.4, 0.5) is 0 Å². The number of ether oxygens (including phenoxy) is 1. The van der Waals surface area contributed by atoms with Crippen LogP contribution in [0.2, 0.25) is 0 Å². The third kappa shape index (κ3) is 3.31. The summed E-state index contributed by atoms with van der Waals surface area (Å²) < 4.78 is 6.36. The Kier molecular flexibility index (Phi) is 5.19. The van der Waals surface area contributed by atoms with Gasteiger partial charge in [-0.3, -0.25) is 9.59 Å². The van der Waals surface area contributed by atoms with Gasteiger partial charge in [0, 0.05) is 17.0 Å². The molecule has 0 spiro atoms. The molecule has 0 amide bonds. The van der Waals surface area contributed by atoms with Crippen LogP contribution in [0.3, 0.4) is 0 Å². The first-order valence-electron chi connectivity index (χ1n) is 11.5. The summed E-state index contributed by atoms with van der Waals surface area (Å²) in [7, 11) is 0. The number of benzene rings is 2. The SMILES string of the molecule is Cc1c(O)c(C)c2c(c1O)C1OC(C3CCC(C(=O)O)CC3)=CC1C(=O)C2c1ccccc1. The molecule has 0 bridgehead atoms. The van der Waals surface area contributed by atoms with Crippen LogP contribution in [0.25, 0.3) is 0 Å². The smallest absolute Gasteiger partial charge is 0.306 e. The van der Waals surface area contributed by atoms with Crippen molar-refractivity contribution in [2.24, 2.45) is 17.8 Å². The van der Waals surface area contributed by atoms with Gasteiger partial charge in [0.05, 0.1) is 23.5 Å². The van der Waals surface area contributed by atoms with Gasteiger partial charge in [0.25, 0.3) is 0 Å². The maximum Gasteiger partial charge on any atom is 0.306 e. The van der Waals surface area contributed by atoms with Crippen LogP contribution < -0.4 is 0 Å². The number of aliphatic carboxylic acids is 1. The third-order valence-corrected chi connectivity index (χ3v) is 7.75. The Balaban J connectivity index is 1.59. The van der Waals surface area contributed by atoms with Crippen LogP contribution >= 0.6 is 0 Å². The van der Waals surface area contributed by atoms with E-state index in [-0.39, 0.29) is 29.1 Å². The number of aromatic hydroxyl groups is 2. The second-order valence-corrected chi connectivity index (χ2v) is 9.54. The molecule has 33 heavy (non-hydrogen) atoms. The van der Waals surface area contributed by atoms with E-state index in [0.29, 0.717) is 47.9 Å². The number of phenols is 2. The van der Waals surface area contributed by atoms with Gasteiger partial charge in [-0.15, -0.1) is 0 Å². The molecule has 2 aliphatic carbocycles. The van der Waals surface area contributed by atoms with Crippen LogP contribution in [0.1, 0.15) is 65.5 Å². The Morgan fingerprint density at radius 3 is 2.24 bits per heavy atom.